The zero-order valence-corrected chi connectivity index (χ0v) is 13.1. The topological polar surface area (TPSA) is 49.3 Å². The van der Waals surface area contributed by atoms with E-state index in [0.29, 0.717) is 5.92 Å². The molecule has 0 saturated heterocycles. The Morgan fingerprint density at radius 3 is 2.35 bits per heavy atom. The van der Waals surface area contributed by atoms with Gasteiger partial charge in [-0.25, -0.2) is 0 Å². The number of rotatable bonds is 8. The maximum atomic E-state index is 10.5. The molecule has 1 aromatic rings. The highest BCUT2D eigenvalue weighted by atomic mass is 16.4. The summed E-state index contributed by atoms with van der Waals surface area (Å²) in [5, 5.41) is 12.1. The number of aryl methyl sites for hydroxylation is 3. The van der Waals surface area contributed by atoms with Gasteiger partial charge in [0.1, 0.15) is 0 Å². The van der Waals surface area contributed by atoms with Crippen LogP contribution in [0.1, 0.15) is 48.4 Å². The van der Waals surface area contributed by atoms with E-state index in [2.05, 4.69) is 45.1 Å². The molecule has 0 fully saturated rings. The van der Waals surface area contributed by atoms with Crippen LogP contribution >= 0.6 is 0 Å². The molecular weight excluding hydrogens is 250 g/mol. The number of hydrogen-bond donors (Lipinski definition) is 2. The summed E-state index contributed by atoms with van der Waals surface area (Å²) in [6.45, 7) is 10.4. The second kappa shape index (κ2) is 8.05. The van der Waals surface area contributed by atoms with Crippen molar-refractivity contribution < 1.29 is 9.90 Å². The summed E-state index contributed by atoms with van der Waals surface area (Å²) < 4.78 is 0. The first-order chi connectivity index (χ1) is 9.40. The van der Waals surface area contributed by atoms with Crippen molar-refractivity contribution in [2.24, 2.45) is 5.92 Å². The highest BCUT2D eigenvalue weighted by Gasteiger charge is 2.06. The van der Waals surface area contributed by atoms with Crippen molar-refractivity contribution in [3.63, 3.8) is 0 Å². The van der Waals surface area contributed by atoms with Crippen molar-refractivity contribution in [1.29, 1.82) is 0 Å². The lowest BCUT2D eigenvalue weighted by atomic mass is 9.99. The van der Waals surface area contributed by atoms with E-state index in [1.165, 1.54) is 22.3 Å². The fourth-order valence-corrected chi connectivity index (χ4v) is 2.56. The van der Waals surface area contributed by atoms with E-state index in [1.54, 1.807) is 0 Å². The predicted molar refractivity (Wildman–Crippen MR) is 83.0 cm³/mol. The minimum absolute atomic E-state index is 0.275. The van der Waals surface area contributed by atoms with Crippen molar-refractivity contribution in [1.82, 2.24) is 5.32 Å². The Morgan fingerprint density at radius 1 is 1.20 bits per heavy atom. The maximum absolute atomic E-state index is 10.5. The van der Waals surface area contributed by atoms with Gasteiger partial charge in [0.25, 0.3) is 0 Å². The van der Waals surface area contributed by atoms with Gasteiger partial charge in [-0.1, -0.05) is 24.6 Å². The number of hydrogen-bond acceptors (Lipinski definition) is 2. The molecule has 0 spiro atoms. The van der Waals surface area contributed by atoms with Crippen molar-refractivity contribution in [2.75, 3.05) is 6.54 Å². The second-order valence-electron chi connectivity index (χ2n) is 5.88. The van der Waals surface area contributed by atoms with Gasteiger partial charge in [0.05, 0.1) is 0 Å². The molecule has 112 valence electrons. The highest BCUT2D eigenvalue weighted by Crippen LogP contribution is 2.16. The van der Waals surface area contributed by atoms with Gasteiger partial charge in [0, 0.05) is 13.0 Å². The van der Waals surface area contributed by atoms with Crippen LogP contribution < -0.4 is 5.32 Å². The number of carboxylic acid groups (broad SMARTS) is 1. The summed E-state index contributed by atoms with van der Waals surface area (Å²) in [6.07, 6.45) is 2.06. The maximum Gasteiger partial charge on any atom is 0.303 e. The van der Waals surface area contributed by atoms with Crippen molar-refractivity contribution in [3.05, 3.63) is 34.4 Å². The van der Waals surface area contributed by atoms with Gasteiger partial charge in [0.2, 0.25) is 0 Å². The first-order valence-electron chi connectivity index (χ1n) is 7.39. The minimum atomic E-state index is -0.698. The molecule has 0 aromatic heterocycles. The Morgan fingerprint density at radius 2 is 1.80 bits per heavy atom. The van der Waals surface area contributed by atoms with Crippen LogP contribution in [0.2, 0.25) is 0 Å². The van der Waals surface area contributed by atoms with E-state index in [0.717, 1.165) is 25.9 Å². The summed E-state index contributed by atoms with van der Waals surface area (Å²) in [5.41, 5.74) is 5.38. The molecule has 1 atom stereocenters. The number of nitrogens with one attached hydrogen (secondary N) is 1. The molecule has 0 aliphatic carbocycles. The van der Waals surface area contributed by atoms with E-state index in [4.69, 9.17) is 5.11 Å². The third-order valence-corrected chi connectivity index (χ3v) is 3.81. The molecule has 0 amide bonds. The van der Waals surface area contributed by atoms with Crippen molar-refractivity contribution >= 4 is 5.97 Å². The average Bonchev–Trinajstić information content (AvgIpc) is 2.34. The molecule has 20 heavy (non-hydrogen) atoms. The summed E-state index contributed by atoms with van der Waals surface area (Å²) in [7, 11) is 0. The molecule has 3 heteroatoms. The zero-order chi connectivity index (χ0) is 15.1. The fourth-order valence-electron chi connectivity index (χ4n) is 2.56. The molecule has 2 N–H and O–H groups in total. The molecule has 0 saturated carbocycles. The van der Waals surface area contributed by atoms with Crippen LogP contribution in [0.3, 0.4) is 0 Å². The van der Waals surface area contributed by atoms with Crippen LogP contribution in [-0.2, 0) is 11.3 Å². The van der Waals surface area contributed by atoms with Gasteiger partial charge in [-0.05, 0) is 62.8 Å². The standard InChI is InChI=1S/C17H27NO2/c1-12(5-6-17(19)20)7-8-18-11-16-14(3)9-13(2)10-15(16)4/h9-10,12,18H,5-8,11H2,1-4H3,(H,19,20). The first kappa shape index (κ1) is 16.7. The lowest BCUT2D eigenvalue weighted by Crippen LogP contribution is -2.18. The van der Waals surface area contributed by atoms with E-state index in [-0.39, 0.29) is 6.42 Å². The third kappa shape index (κ3) is 5.74. The van der Waals surface area contributed by atoms with E-state index >= 15 is 0 Å². The SMILES string of the molecule is Cc1cc(C)c(CNCCC(C)CCC(=O)O)c(C)c1. The van der Waals surface area contributed by atoms with Crippen LogP contribution in [0.25, 0.3) is 0 Å². The van der Waals surface area contributed by atoms with Crippen molar-refractivity contribution in [2.45, 2.75) is 53.5 Å². The Hall–Kier alpha value is -1.35. The molecule has 0 aliphatic heterocycles. The first-order valence-corrected chi connectivity index (χ1v) is 7.39. The van der Waals surface area contributed by atoms with Gasteiger partial charge < -0.3 is 10.4 Å². The predicted octanol–water partition coefficient (Wildman–Crippen LogP) is 3.59. The largest absolute Gasteiger partial charge is 0.481 e. The second-order valence-corrected chi connectivity index (χ2v) is 5.88. The van der Waals surface area contributed by atoms with Crippen LogP contribution in [0.4, 0.5) is 0 Å². The summed E-state index contributed by atoms with van der Waals surface area (Å²) >= 11 is 0. The molecule has 1 aromatic carbocycles. The molecule has 0 heterocycles. The quantitative estimate of drug-likeness (QED) is 0.714. The summed E-state index contributed by atoms with van der Waals surface area (Å²) in [4.78, 5) is 10.5. The minimum Gasteiger partial charge on any atom is -0.481 e. The Kier molecular flexibility index (Phi) is 6.73. The van der Waals surface area contributed by atoms with E-state index in [1.807, 2.05) is 0 Å². The zero-order valence-electron chi connectivity index (χ0n) is 13.1. The van der Waals surface area contributed by atoms with Gasteiger partial charge in [-0.3, -0.25) is 4.79 Å². The summed E-state index contributed by atoms with van der Waals surface area (Å²) in [6, 6.07) is 4.44. The molecule has 0 bridgehead atoms. The normalized spacial score (nSPS) is 12.4. The average molecular weight is 277 g/mol. The Bertz CT molecular complexity index is 431. The van der Waals surface area contributed by atoms with Crippen LogP contribution in [0.15, 0.2) is 12.1 Å². The molecule has 1 rings (SSSR count). The number of carboxylic acids is 1. The van der Waals surface area contributed by atoms with Crippen LogP contribution in [-0.4, -0.2) is 17.6 Å². The number of benzene rings is 1. The number of aliphatic carboxylic acids is 1. The lowest BCUT2D eigenvalue weighted by molar-refractivity contribution is -0.137. The van der Waals surface area contributed by atoms with Crippen molar-refractivity contribution in [3.8, 4) is 0 Å². The third-order valence-electron chi connectivity index (χ3n) is 3.81. The molecule has 0 aliphatic rings. The van der Waals surface area contributed by atoms with Gasteiger partial charge in [-0.2, -0.15) is 0 Å². The molecule has 1 unspecified atom stereocenters. The highest BCUT2D eigenvalue weighted by molar-refractivity contribution is 5.66. The van der Waals surface area contributed by atoms with Gasteiger partial charge in [0.15, 0.2) is 0 Å². The van der Waals surface area contributed by atoms with Gasteiger partial charge >= 0.3 is 5.97 Å². The van der Waals surface area contributed by atoms with Gasteiger partial charge in [-0.15, -0.1) is 0 Å². The molecular formula is C17H27NO2. The van der Waals surface area contributed by atoms with E-state index in [9.17, 15) is 4.79 Å². The Labute approximate surface area is 122 Å². The van der Waals surface area contributed by atoms with E-state index < -0.39 is 5.97 Å². The van der Waals surface area contributed by atoms with Crippen LogP contribution in [0, 0.1) is 26.7 Å². The number of carbonyl (C=O) groups is 1. The smallest absolute Gasteiger partial charge is 0.303 e. The summed E-state index contributed by atoms with van der Waals surface area (Å²) in [5.74, 6) is -0.241. The van der Waals surface area contributed by atoms with Crippen LogP contribution in [0.5, 0.6) is 0 Å². The monoisotopic (exact) mass is 277 g/mol. The Balaban J connectivity index is 2.33. The molecule has 0 radical (unpaired) electrons. The molecule has 3 nitrogen and oxygen atoms in total. The lowest BCUT2D eigenvalue weighted by Gasteiger charge is -2.14. The fraction of sp³-hybridized carbons (Fsp3) is 0.588.